The molecule has 850 valence electrons. The fourth-order valence-corrected chi connectivity index (χ4v) is 15.9. The number of carbonyl (C=O) groups excluding carboxylic acids is 2. The third-order valence-electron chi connectivity index (χ3n) is 23.3. The van der Waals surface area contributed by atoms with Crippen molar-refractivity contribution >= 4 is 11.6 Å². The summed E-state index contributed by atoms with van der Waals surface area (Å²) in [6, 6.07) is 0. The molecule has 49 atom stereocenters. The third-order valence-corrected chi connectivity index (χ3v) is 23.3. The average Bonchev–Trinajstić information content (AvgIpc) is 0.944. The topological polar surface area (TPSA) is 886 Å². The molecule has 23 aliphatic rings. The molecule has 49 unspecified atom stereocenters. The molecule has 23 aliphatic heterocycles. The highest BCUT2D eigenvalue weighted by Gasteiger charge is 2.61. The summed E-state index contributed by atoms with van der Waals surface area (Å²) in [6.07, 6.45) is -81.0. The summed E-state index contributed by atoms with van der Waals surface area (Å²) in [5.74, 6) is -0.0102. The maximum Gasteiger partial charge on any atom is 0.187 e. The van der Waals surface area contributed by atoms with Crippen LogP contribution in [0.2, 0.25) is 0 Å². The lowest BCUT2D eigenvalue weighted by Crippen LogP contribution is -2.68. The molecule has 0 aromatic heterocycles. The number of ether oxygens (including phenoxy) is 22. The molecule has 35 N–H and O–H groups in total. The van der Waals surface area contributed by atoms with Crippen LogP contribution in [0, 0.1) is 0 Å². The summed E-state index contributed by atoms with van der Waals surface area (Å²) in [5, 5.41) is 298. The highest BCUT2D eigenvalue weighted by Crippen LogP contribution is 2.41. The number of allylic oxidation sites excluding steroid dienone is 2. The van der Waals surface area contributed by atoms with Gasteiger partial charge in [-0.25, -0.2) is 0 Å². The molecule has 23 saturated heterocycles. The molecular weight excluding hydrogens is 1940 g/mol. The largest absolute Gasteiger partial charge is 0.394 e. The number of ketones is 2. The Labute approximate surface area is 834 Å². The molecule has 0 radical (unpaired) electrons. The number of aliphatic hydroxyl groups is 27. The van der Waals surface area contributed by atoms with E-state index in [1.54, 1.807) is 0 Å². The van der Waals surface area contributed by atoms with Crippen molar-refractivity contribution in [2.75, 3.05) is 106 Å². The predicted octanol–water partition coefficient (Wildman–Crippen LogP) is -14.9. The lowest BCUT2D eigenvalue weighted by Gasteiger charge is -2.50. The van der Waals surface area contributed by atoms with Gasteiger partial charge in [0.1, 0.15) is 232 Å². The normalized spacial score (nSPS) is 41.9. The molecule has 0 spiro atoms. The van der Waals surface area contributed by atoms with E-state index in [9.17, 15) is 147 Å². The molecule has 0 aromatic carbocycles. The van der Waals surface area contributed by atoms with Crippen LogP contribution in [0.3, 0.4) is 0 Å². The minimum atomic E-state index is -2.21. The van der Waals surface area contributed by atoms with E-state index in [0.29, 0.717) is 52.1 Å². The lowest BCUT2D eigenvalue weighted by atomic mass is 9.95. The SMILES string of the molecule is C=CC(=O)CCCNCC1OC(OC(C)(C)C)C(O)C(O)C1OC(OC)C(C)O.C=CC(C)=O.CC.CC.COC(OC1C(CNCCN)OC(OC(C)(C)C)C(O)C1O)C(C)O.NCCN.OCC1OC2OC3C(CO)OC(OC4C(CO)OC(OC5C(CO)OC(OC6C(CO)OC(OC7C(CO)OC(OC8C(CO)OC(OC1C(O)C2O)C(O)C8O)C(O)C7O)C(O)C6O)C(O)C5O)C(O)C4O)C(O)C3O. The van der Waals surface area contributed by atoms with Crippen LogP contribution < -0.4 is 27.8 Å². The van der Waals surface area contributed by atoms with Gasteiger partial charge >= 0.3 is 0 Å². The van der Waals surface area contributed by atoms with E-state index in [1.807, 2.05) is 69.2 Å². The van der Waals surface area contributed by atoms with Gasteiger partial charge in [0.15, 0.2) is 80.8 Å². The van der Waals surface area contributed by atoms with Crippen molar-refractivity contribution in [3.63, 3.8) is 0 Å². The first-order chi connectivity index (χ1) is 67.9. The van der Waals surface area contributed by atoms with Gasteiger partial charge in [0.05, 0.1) is 57.5 Å². The second kappa shape index (κ2) is 64.7. The molecule has 0 aliphatic carbocycles. The van der Waals surface area contributed by atoms with Gasteiger partial charge in [-0.2, -0.15) is 0 Å². The van der Waals surface area contributed by atoms with Crippen molar-refractivity contribution in [1.82, 2.24) is 10.6 Å². The number of aliphatic hydroxyl groups excluding tert-OH is 27. The molecule has 23 rings (SSSR count). The molecular formula is C88H167N5O51. The average molecular weight is 2110 g/mol. The van der Waals surface area contributed by atoms with Crippen molar-refractivity contribution in [2.45, 2.75) is 415 Å². The summed E-state index contributed by atoms with van der Waals surface area (Å²) < 4.78 is 124. The quantitative estimate of drug-likeness (QED) is 0.0180. The molecule has 144 heavy (non-hydrogen) atoms. The van der Waals surface area contributed by atoms with Gasteiger partial charge < -0.3 is 270 Å². The van der Waals surface area contributed by atoms with Gasteiger partial charge in [-0.05, 0) is 87.4 Å². The number of hydrogen-bond donors (Lipinski definition) is 32. The van der Waals surface area contributed by atoms with Crippen molar-refractivity contribution in [1.29, 1.82) is 0 Å². The molecule has 56 heteroatoms. The van der Waals surface area contributed by atoms with E-state index < -0.39 is 359 Å². The zero-order valence-electron chi connectivity index (χ0n) is 83.8. The Balaban J connectivity index is 0.000000523. The van der Waals surface area contributed by atoms with Crippen LogP contribution in [-0.4, -0.2) is 568 Å². The van der Waals surface area contributed by atoms with Crippen molar-refractivity contribution in [3.8, 4) is 0 Å². The zero-order valence-corrected chi connectivity index (χ0v) is 83.8. The second-order valence-electron chi connectivity index (χ2n) is 36.4. The van der Waals surface area contributed by atoms with Gasteiger partial charge in [-0.1, -0.05) is 40.9 Å². The van der Waals surface area contributed by atoms with Crippen LogP contribution >= 0.6 is 0 Å². The van der Waals surface area contributed by atoms with E-state index in [-0.39, 0.29) is 18.1 Å². The minimum absolute atomic E-state index is 0.0185. The fourth-order valence-electron chi connectivity index (χ4n) is 15.9. The van der Waals surface area contributed by atoms with Crippen LogP contribution in [0.5, 0.6) is 0 Å². The Morgan fingerprint density at radius 2 is 0.549 bits per heavy atom. The predicted molar refractivity (Wildman–Crippen MR) is 487 cm³/mol. The monoisotopic (exact) mass is 2110 g/mol. The van der Waals surface area contributed by atoms with Crippen LogP contribution in [0.25, 0.3) is 0 Å². The highest BCUT2D eigenvalue weighted by molar-refractivity contribution is 5.89. The van der Waals surface area contributed by atoms with E-state index in [2.05, 4.69) is 23.8 Å². The maximum atomic E-state index is 11.3. The number of methoxy groups -OCH3 is 2. The Hall–Kier alpha value is -3.34. The zero-order chi connectivity index (χ0) is 109. The maximum absolute atomic E-state index is 11.3. The van der Waals surface area contributed by atoms with Gasteiger partial charge in [0.2, 0.25) is 0 Å². The minimum Gasteiger partial charge on any atom is -0.394 e. The van der Waals surface area contributed by atoms with Crippen LogP contribution in [0.15, 0.2) is 25.3 Å². The summed E-state index contributed by atoms with van der Waals surface area (Å²) >= 11 is 0. The Kier molecular flexibility index (Phi) is 59.8. The van der Waals surface area contributed by atoms with Crippen molar-refractivity contribution in [3.05, 3.63) is 25.3 Å². The molecule has 23 heterocycles. The van der Waals surface area contributed by atoms with Crippen LogP contribution in [0.1, 0.15) is 103 Å². The first-order valence-corrected chi connectivity index (χ1v) is 47.8. The number of carbonyl (C=O) groups is 2. The smallest absolute Gasteiger partial charge is 0.187 e. The molecule has 23 fully saturated rings. The van der Waals surface area contributed by atoms with Gasteiger partial charge in [0.25, 0.3) is 0 Å². The van der Waals surface area contributed by atoms with E-state index in [4.69, 9.17) is 121 Å². The molecule has 14 bridgehead atoms. The van der Waals surface area contributed by atoms with Crippen LogP contribution in [0.4, 0.5) is 0 Å². The number of rotatable bonds is 30. The van der Waals surface area contributed by atoms with Crippen molar-refractivity contribution < 1.29 is 252 Å². The number of nitrogens with two attached hydrogens (primary N) is 3. The summed E-state index contributed by atoms with van der Waals surface area (Å²) in [6.45, 7) is 26.1. The second-order valence-corrected chi connectivity index (χ2v) is 36.4. The first kappa shape index (κ1) is 133. The fraction of sp³-hybridized carbons (Fsp3) is 0.932. The van der Waals surface area contributed by atoms with E-state index >= 15 is 0 Å². The molecule has 0 amide bonds. The Bertz CT molecular complexity index is 3130. The van der Waals surface area contributed by atoms with Gasteiger partial charge in [-0.3, -0.25) is 9.59 Å². The molecule has 0 saturated carbocycles. The lowest BCUT2D eigenvalue weighted by molar-refractivity contribution is -0.396. The van der Waals surface area contributed by atoms with E-state index in [1.165, 1.54) is 47.1 Å². The molecule has 0 aromatic rings. The Morgan fingerprint density at radius 3 is 0.715 bits per heavy atom. The van der Waals surface area contributed by atoms with Crippen molar-refractivity contribution in [2.24, 2.45) is 17.2 Å². The first-order valence-electron chi connectivity index (χ1n) is 47.8. The van der Waals surface area contributed by atoms with Gasteiger partial charge in [-0.15, -0.1) is 0 Å². The van der Waals surface area contributed by atoms with Gasteiger partial charge in [0, 0.05) is 59.9 Å². The highest BCUT2D eigenvalue weighted by atomic mass is 16.8. The standard InChI is InChI=1S/C42H70O35.C20H37NO8.C16H34N2O7.C4H6O.C2H8N2.2C2H6/c43-1-8-29-15(50)22(57)36(64-8)72-30-9(2-44)66-38(24(59)17(30)52)74-32-11(4-46)68-40(26(61)19(32)54)76-34-13(6-48)70-42(28(63)21(34)56)77-35-14(7-49)69-41(27(62)20(35)55)75-33-12(5-47)67-39(25(60)18(33)53)73-31-10(3-45)65-37(71-29)23(58)16(31)51;1-7-13(23)9-8-10-21-11-14-17(28-18(26-6)12(2)22)15(24)16(25)19(27-14)29-20(3,4)5;1-9(19)14(22-5)24-13-10(8-18-7-6-17)23-15(12(21)11(13)20)25-16(2,3)4;1-3-4(2)5;3-1-2-4;2*1-2/h8-63H,1-7H2;7,12,14-19,21-22,24-25H,1,8-11H2,2-6H3;9-15,18-21H,6-8,17H2,1-5H3;3H,1H2,2H3;1-4H2;2*1-2H3. The van der Waals surface area contributed by atoms with Crippen LogP contribution in [-0.2, 0) is 114 Å². The van der Waals surface area contributed by atoms with E-state index in [0.717, 1.165) is 0 Å². The number of hydrogen-bond acceptors (Lipinski definition) is 56. The Morgan fingerprint density at radius 1 is 0.333 bits per heavy atom. The summed E-state index contributed by atoms with van der Waals surface area (Å²) in [4.78, 5) is 21.0. The summed E-state index contributed by atoms with van der Waals surface area (Å²) in [7, 11) is 2.76. The number of nitrogens with one attached hydrogen (secondary N) is 2. The molecule has 56 nitrogen and oxygen atoms in total. The summed E-state index contributed by atoms with van der Waals surface area (Å²) in [5.41, 5.74) is 14.1. The third kappa shape index (κ3) is 37.0.